The summed E-state index contributed by atoms with van der Waals surface area (Å²) < 4.78 is 0. The van der Waals surface area contributed by atoms with Crippen molar-refractivity contribution in [3.8, 4) is 11.3 Å². The van der Waals surface area contributed by atoms with Gasteiger partial charge in [0.1, 0.15) is 0 Å². The Labute approximate surface area is 89.9 Å². The highest BCUT2D eigenvalue weighted by Gasteiger charge is 2.07. The Morgan fingerprint density at radius 2 is 1.80 bits per heavy atom. The van der Waals surface area contributed by atoms with Gasteiger partial charge in [-0.2, -0.15) is 9.89 Å². The van der Waals surface area contributed by atoms with E-state index in [0.717, 1.165) is 11.3 Å². The van der Waals surface area contributed by atoms with Crippen molar-refractivity contribution in [2.24, 2.45) is 0 Å². The second-order valence-electron chi connectivity index (χ2n) is 3.79. The van der Waals surface area contributed by atoms with Gasteiger partial charge in [-0.25, -0.2) is 0 Å². The van der Waals surface area contributed by atoms with Crippen molar-refractivity contribution in [1.82, 2.24) is 9.89 Å². The lowest BCUT2D eigenvalue weighted by Crippen LogP contribution is -2.25. The molecule has 0 aliphatic carbocycles. The predicted molar refractivity (Wildman–Crippen MR) is 62.5 cm³/mol. The van der Waals surface area contributed by atoms with Crippen molar-refractivity contribution in [3.63, 3.8) is 0 Å². The van der Waals surface area contributed by atoms with Crippen LogP contribution in [0.4, 0.5) is 0 Å². The van der Waals surface area contributed by atoms with Gasteiger partial charge < -0.3 is 5.01 Å². The summed E-state index contributed by atoms with van der Waals surface area (Å²) in [6, 6.07) is 10.2. The van der Waals surface area contributed by atoms with Crippen LogP contribution in [0.15, 0.2) is 36.5 Å². The molecular weight excluding hydrogens is 186 g/mol. The maximum Gasteiger partial charge on any atom is 0.0973 e. The molecule has 3 nitrogen and oxygen atoms in total. The highest BCUT2D eigenvalue weighted by Crippen LogP contribution is 2.20. The van der Waals surface area contributed by atoms with Crippen LogP contribution in [-0.4, -0.2) is 24.0 Å². The Bertz CT molecular complexity index is 443. The van der Waals surface area contributed by atoms with Gasteiger partial charge in [-0.15, -0.1) is 0 Å². The SMILES string of the molecule is Cc1cn(N(C)C)nc1-c1ccccc1. The Morgan fingerprint density at radius 3 is 2.33 bits per heavy atom. The van der Waals surface area contributed by atoms with E-state index in [1.165, 1.54) is 5.56 Å². The first-order valence-corrected chi connectivity index (χ1v) is 4.98. The standard InChI is InChI=1S/C12H15N3/c1-10-9-15(14(2)3)13-12(10)11-7-5-4-6-8-11/h4-9H,1-3H3. The quantitative estimate of drug-likeness (QED) is 0.741. The van der Waals surface area contributed by atoms with Gasteiger partial charge in [0.15, 0.2) is 0 Å². The lowest BCUT2D eigenvalue weighted by Gasteiger charge is -2.10. The number of hydrogen-bond donors (Lipinski definition) is 0. The first kappa shape index (κ1) is 9.77. The third-order valence-electron chi connectivity index (χ3n) is 2.34. The van der Waals surface area contributed by atoms with Crippen molar-refractivity contribution in [1.29, 1.82) is 0 Å². The molecule has 0 atom stereocenters. The Kier molecular flexibility index (Phi) is 2.46. The minimum absolute atomic E-state index is 1.05. The molecule has 1 heterocycles. The molecule has 1 aromatic heterocycles. The second-order valence-corrected chi connectivity index (χ2v) is 3.79. The van der Waals surface area contributed by atoms with E-state index in [-0.39, 0.29) is 0 Å². The molecule has 1 aromatic carbocycles. The average molecular weight is 201 g/mol. The largest absolute Gasteiger partial charge is 0.303 e. The molecule has 2 aromatic rings. The van der Waals surface area contributed by atoms with E-state index in [0.29, 0.717) is 0 Å². The summed E-state index contributed by atoms with van der Waals surface area (Å²) in [5.74, 6) is 0. The lowest BCUT2D eigenvalue weighted by molar-refractivity contribution is 0.640. The number of aromatic nitrogens is 2. The maximum atomic E-state index is 4.52. The molecule has 0 saturated heterocycles. The molecule has 0 fully saturated rings. The van der Waals surface area contributed by atoms with Crippen molar-refractivity contribution < 1.29 is 0 Å². The molecule has 0 saturated carbocycles. The number of hydrogen-bond acceptors (Lipinski definition) is 2. The third kappa shape index (κ3) is 1.86. The Balaban J connectivity index is 2.45. The van der Waals surface area contributed by atoms with Crippen LogP contribution in [0, 0.1) is 6.92 Å². The summed E-state index contributed by atoms with van der Waals surface area (Å²) in [4.78, 5) is 1.84. The molecule has 0 N–H and O–H groups in total. The van der Waals surface area contributed by atoms with Gasteiger partial charge in [-0.1, -0.05) is 30.3 Å². The van der Waals surface area contributed by atoms with Crippen LogP contribution < -0.4 is 5.01 Å². The monoisotopic (exact) mass is 201 g/mol. The van der Waals surface area contributed by atoms with Gasteiger partial charge in [0, 0.05) is 19.7 Å². The number of aryl methyl sites for hydroxylation is 1. The van der Waals surface area contributed by atoms with Crippen LogP contribution in [0.2, 0.25) is 0 Å². The normalized spacial score (nSPS) is 10.3. The highest BCUT2D eigenvalue weighted by molar-refractivity contribution is 5.62. The van der Waals surface area contributed by atoms with E-state index in [9.17, 15) is 0 Å². The zero-order chi connectivity index (χ0) is 10.8. The number of benzene rings is 1. The molecular formula is C12H15N3. The van der Waals surface area contributed by atoms with E-state index < -0.39 is 0 Å². The van der Waals surface area contributed by atoms with Gasteiger partial charge in [0.25, 0.3) is 0 Å². The summed E-state index contributed by atoms with van der Waals surface area (Å²) in [5.41, 5.74) is 3.40. The number of nitrogens with zero attached hydrogens (tertiary/aromatic N) is 3. The van der Waals surface area contributed by atoms with Crippen molar-refractivity contribution in [2.45, 2.75) is 6.92 Å². The fraction of sp³-hybridized carbons (Fsp3) is 0.250. The zero-order valence-corrected chi connectivity index (χ0v) is 9.31. The van der Waals surface area contributed by atoms with E-state index in [4.69, 9.17) is 0 Å². The van der Waals surface area contributed by atoms with Gasteiger partial charge in [0.2, 0.25) is 0 Å². The Hall–Kier alpha value is -1.77. The van der Waals surface area contributed by atoms with Gasteiger partial charge in [-0.3, -0.25) is 0 Å². The molecule has 0 aliphatic heterocycles. The van der Waals surface area contributed by atoms with E-state index in [2.05, 4.69) is 24.2 Å². The van der Waals surface area contributed by atoms with Crippen molar-refractivity contribution >= 4 is 0 Å². The summed E-state index contributed by atoms with van der Waals surface area (Å²) in [6.07, 6.45) is 2.03. The first-order chi connectivity index (χ1) is 7.18. The van der Waals surface area contributed by atoms with Crippen molar-refractivity contribution in [3.05, 3.63) is 42.1 Å². The number of rotatable bonds is 2. The van der Waals surface area contributed by atoms with Gasteiger partial charge in [-0.05, 0) is 12.5 Å². The highest BCUT2D eigenvalue weighted by atomic mass is 15.6. The van der Waals surface area contributed by atoms with Crippen LogP contribution in [0.5, 0.6) is 0 Å². The molecule has 0 unspecified atom stereocenters. The molecule has 0 radical (unpaired) electrons. The summed E-state index contributed by atoms with van der Waals surface area (Å²) in [5, 5.41) is 6.47. The van der Waals surface area contributed by atoms with Crippen LogP contribution >= 0.6 is 0 Å². The molecule has 2 rings (SSSR count). The Morgan fingerprint density at radius 1 is 1.13 bits per heavy atom. The topological polar surface area (TPSA) is 21.1 Å². The summed E-state index contributed by atoms with van der Waals surface area (Å²) in [6.45, 7) is 2.08. The molecule has 0 spiro atoms. The fourth-order valence-electron chi connectivity index (χ4n) is 1.53. The second kappa shape index (κ2) is 3.77. The molecule has 0 aliphatic rings. The van der Waals surface area contributed by atoms with Crippen molar-refractivity contribution in [2.75, 3.05) is 19.1 Å². The first-order valence-electron chi connectivity index (χ1n) is 4.98. The average Bonchev–Trinajstić information content (AvgIpc) is 2.62. The minimum Gasteiger partial charge on any atom is -0.303 e. The lowest BCUT2D eigenvalue weighted by atomic mass is 10.1. The van der Waals surface area contributed by atoms with Crippen LogP contribution in [0.25, 0.3) is 11.3 Å². The summed E-state index contributed by atoms with van der Waals surface area (Å²) >= 11 is 0. The zero-order valence-electron chi connectivity index (χ0n) is 9.31. The van der Waals surface area contributed by atoms with E-state index in [1.807, 2.05) is 48.3 Å². The van der Waals surface area contributed by atoms with Crippen LogP contribution in [0.3, 0.4) is 0 Å². The third-order valence-corrected chi connectivity index (χ3v) is 2.34. The van der Waals surface area contributed by atoms with Gasteiger partial charge in [0.05, 0.1) is 11.9 Å². The van der Waals surface area contributed by atoms with Gasteiger partial charge >= 0.3 is 0 Å². The fourth-order valence-corrected chi connectivity index (χ4v) is 1.53. The van der Waals surface area contributed by atoms with Crippen LogP contribution in [-0.2, 0) is 0 Å². The van der Waals surface area contributed by atoms with E-state index in [1.54, 1.807) is 0 Å². The predicted octanol–water partition coefficient (Wildman–Crippen LogP) is 2.06. The molecule has 0 bridgehead atoms. The van der Waals surface area contributed by atoms with Crippen LogP contribution in [0.1, 0.15) is 5.56 Å². The molecule has 78 valence electrons. The smallest absolute Gasteiger partial charge is 0.0973 e. The maximum absolute atomic E-state index is 4.52. The van der Waals surface area contributed by atoms with E-state index >= 15 is 0 Å². The minimum atomic E-state index is 1.05. The molecule has 15 heavy (non-hydrogen) atoms. The molecule has 0 amide bonds. The molecule has 3 heteroatoms. The summed E-state index contributed by atoms with van der Waals surface area (Å²) in [7, 11) is 3.95.